The van der Waals surface area contributed by atoms with Gasteiger partial charge in [0, 0.05) is 18.2 Å². The number of para-hydroxylation sites is 2. The van der Waals surface area contributed by atoms with Crippen LogP contribution in [0.1, 0.15) is 65.7 Å². The number of ether oxygens (including phenoxy) is 1. The van der Waals surface area contributed by atoms with Crippen molar-refractivity contribution in [3.63, 3.8) is 0 Å². The molecule has 0 bridgehead atoms. The number of benzene rings is 1. The average molecular weight is 393 g/mol. The molecule has 0 aliphatic rings. The first kappa shape index (κ1) is 19.4. The normalized spacial score (nSPS) is 13.2. The van der Waals surface area contributed by atoms with Crippen LogP contribution in [0.25, 0.3) is 27.7 Å². The van der Waals surface area contributed by atoms with Gasteiger partial charge in [-0.1, -0.05) is 46.8 Å². The molecule has 1 aromatic carbocycles. The van der Waals surface area contributed by atoms with Crippen LogP contribution in [0.5, 0.6) is 5.75 Å². The van der Waals surface area contributed by atoms with E-state index < -0.39 is 0 Å². The second-order valence-corrected chi connectivity index (χ2v) is 8.32. The molecule has 0 N–H and O–H groups in total. The summed E-state index contributed by atoms with van der Waals surface area (Å²) in [5.41, 5.74) is 3.52. The lowest BCUT2D eigenvalue weighted by Gasteiger charge is -2.14. The van der Waals surface area contributed by atoms with Gasteiger partial charge in [-0.25, -0.2) is 9.97 Å². The van der Waals surface area contributed by atoms with Crippen molar-refractivity contribution in [1.29, 1.82) is 0 Å². The first-order valence-corrected chi connectivity index (χ1v) is 10.4. The summed E-state index contributed by atoms with van der Waals surface area (Å²) in [5, 5.41) is 0.792. The Morgan fingerprint density at radius 1 is 1.07 bits per heavy atom. The summed E-state index contributed by atoms with van der Waals surface area (Å²) in [6.07, 6.45) is 2.86. The van der Waals surface area contributed by atoms with Crippen LogP contribution in [0.4, 0.5) is 0 Å². The van der Waals surface area contributed by atoms with Gasteiger partial charge in [0.25, 0.3) is 0 Å². The van der Waals surface area contributed by atoms with Gasteiger partial charge < -0.3 is 9.30 Å². The number of hydrogen-bond acceptors (Lipinski definition) is 4. The average Bonchev–Trinajstić information content (AvgIpc) is 3.25. The topological polar surface area (TPSA) is 61.4 Å². The standard InChI is InChI=1S/C23H28N4O2/c1-7-15(6)26-12-18(29-23(28)14(4)5)19-21(26)25-20(13(2)3)27-17-11-9-8-10-16(17)24-22(19)27/h8-15H,7H2,1-6H3/t15-/m1/s1. The highest BCUT2D eigenvalue weighted by molar-refractivity contribution is 6.01. The van der Waals surface area contributed by atoms with E-state index in [1.165, 1.54) is 0 Å². The number of rotatable bonds is 5. The highest BCUT2D eigenvalue weighted by Gasteiger charge is 2.25. The Balaban J connectivity index is 2.15. The van der Waals surface area contributed by atoms with E-state index in [4.69, 9.17) is 14.7 Å². The lowest BCUT2D eigenvalue weighted by molar-refractivity contribution is -0.137. The first-order chi connectivity index (χ1) is 13.8. The van der Waals surface area contributed by atoms with E-state index >= 15 is 0 Å². The van der Waals surface area contributed by atoms with Crippen molar-refractivity contribution >= 4 is 33.7 Å². The van der Waals surface area contributed by atoms with Gasteiger partial charge in [0.1, 0.15) is 16.9 Å². The summed E-state index contributed by atoms with van der Waals surface area (Å²) < 4.78 is 10.0. The molecule has 152 valence electrons. The molecule has 0 saturated heterocycles. The summed E-state index contributed by atoms with van der Waals surface area (Å²) in [5.74, 6) is 1.22. The first-order valence-electron chi connectivity index (χ1n) is 10.4. The van der Waals surface area contributed by atoms with Gasteiger partial charge in [0.2, 0.25) is 0 Å². The minimum absolute atomic E-state index is 0.210. The molecule has 0 saturated carbocycles. The second-order valence-electron chi connectivity index (χ2n) is 8.32. The molecule has 0 fully saturated rings. The molecule has 4 aromatic rings. The molecule has 0 unspecified atom stereocenters. The van der Waals surface area contributed by atoms with Crippen molar-refractivity contribution in [2.24, 2.45) is 5.92 Å². The van der Waals surface area contributed by atoms with Crippen molar-refractivity contribution in [1.82, 2.24) is 18.9 Å². The molecule has 0 amide bonds. The Kier molecular flexibility index (Phi) is 4.81. The van der Waals surface area contributed by atoms with Gasteiger partial charge in [-0.15, -0.1) is 0 Å². The number of imidazole rings is 1. The monoisotopic (exact) mass is 392 g/mol. The number of esters is 1. The van der Waals surface area contributed by atoms with Gasteiger partial charge in [-0.3, -0.25) is 9.20 Å². The summed E-state index contributed by atoms with van der Waals surface area (Å²) in [6.45, 7) is 12.2. The molecule has 3 heterocycles. The molecule has 4 rings (SSSR count). The van der Waals surface area contributed by atoms with E-state index in [0.29, 0.717) is 5.75 Å². The van der Waals surface area contributed by atoms with Crippen molar-refractivity contribution in [3.05, 3.63) is 36.3 Å². The maximum Gasteiger partial charge on any atom is 0.313 e. The van der Waals surface area contributed by atoms with Crippen LogP contribution in [0, 0.1) is 5.92 Å². The molecule has 0 spiro atoms. The number of carbonyl (C=O) groups excluding carboxylic acids is 1. The van der Waals surface area contributed by atoms with Crippen molar-refractivity contribution in [2.45, 2.75) is 59.9 Å². The SMILES string of the molecule is CC[C@@H](C)n1cc(OC(=O)C(C)C)c2c1nc(C(C)C)n1c3ccccc3nc21. The van der Waals surface area contributed by atoms with Crippen LogP contribution in [-0.2, 0) is 4.79 Å². The molecule has 6 heteroatoms. The Labute approximate surface area is 170 Å². The maximum atomic E-state index is 12.4. The van der Waals surface area contributed by atoms with Gasteiger partial charge in [0.15, 0.2) is 11.4 Å². The van der Waals surface area contributed by atoms with Crippen LogP contribution in [0.3, 0.4) is 0 Å². The van der Waals surface area contributed by atoms with Crippen LogP contribution < -0.4 is 4.74 Å². The van der Waals surface area contributed by atoms with Gasteiger partial charge in [-0.2, -0.15) is 0 Å². The van der Waals surface area contributed by atoms with Crippen molar-refractivity contribution < 1.29 is 9.53 Å². The van der Waals surface area contributed by atoms with Gasteiger partial charge in [0.05, 0.1) is 17.0 Å². The number of carbonyl (C=O) groups is 1. The highest BCUT2D eigenvalue weighted by atomic mass is 16.5. The number of nitrogens with zero attached hydrogens (tertiary/aromatic N) is 4. The summed E-state index contributed by atoms with van der Waals surface area (Å²) in [6, 6.07) is 8.28. The molecular weight excluding hydrogens is 364 g/mol. The number of hydrogen-bond donors (Lipinski definition) is 0. The molecule has 0 aliphatic heterocycles. The fourth-order valence-corrected chi connectivity index (χ4v) is 3.62. The van der Waals surface area contributed by atoms with Crippen molar-refractivity contribution in [2.75, 3.05) is 0 Å². The minimum Gasteiger partial charge on any atom is -0.424 e. The Morgan fingerprint density at radius 2 is 1.79 bits per heavy atom. The van der Waals surface area contributed by atoms with E-state index in [0.717, 1.165) is 40.0 Å². The van der Waals surface area contributed by atoms with Crippen LogP contribution in [-0.4, -0.2) is 24.9 Å². The lowest BCUT2D eigenvalue weighted by atomic mass is 10.2. The zero-order chi connectivity index (χ0) is 20.9. The minimum atomic E-state index is -0.254. The largest absolute Gasteiger partial charge is 0.424 e. The highest BCUT2D eigenvalue weighted by Crippen LogP contribution is 2.36. The predicted octanol–water partition coefficient (Wildman–Crippen LogP) is 5.49. The maximum absolute atomic E-state index is 12.4. The van der Waals surface area contributed by atoms with E-state index in [1.807, 2.05) is 38.2 Å². The van der Waals surface area contributed by atoms with Crippen molar-refractivity contribution in [3.8, 4) is 5.75 Å². The molecule has 0 aliphatic carbocycles. The smallest absolute Gasteiger partial charge is 0.313 e. The fraction of sp³-hybridized carbons (Fsp3) is 0.435. The summed E-state index contributed by atoms with van der Waals surface area (Å²) in [4.78, 5) is 22.4. The molecule has 1 atom stereocenters. The third-order valence-corrected chi connectivity index (χ3v) is 5.47. The predicted molar refractivity (Wildman–Crippen MR) is 116 cm³/mol. The summed E-state index contributed by atoms with van der Waals surface area (Å²) in [7, 11) is 0. The molecular formula is C23H28N4O2. The number of aromatic nitrogens is 4. The zero-order valence-corrected chi connectivity index (χ0v) is 17.9. The van der Waals surface area contributed by atoms with Gasteiger partial charge >= 0.3 is 5.97 Å². The van der Waals surface area contributed by atoms with Crippen LogP contribution in [0.2, 0.25) is 0 Å². The zero-order valence-electron chi connectivity index (χ0n) is 17.9. The quantitative estimate of drug-likeness (QED) is 0.421. The van der Waals surface area contributed by atoms with E-state index in [-0.39, 0.29) is 23.8 Å². The fourth-order valence-electron chi connectivity index (χ4n) is 3.62. The van der Waals surface area contributed by atoms with Crippen LogP contribution in [0.15, 0.2) is 30.5 Å². The van der Waals surface area contributed by atoms with Gasteiger partial charge in [-0.05, 0) is 25.5 Å². The molecule has 29 heavy (non-hydrogen) atoms. The third kappa shape index (κ3) is 3.07. The second kappa shape index (κ2) is 7.17. The van der Waals surface area contributed by atoms with E-state index in [9.17, 15) is 4.79 Å². The van der Waals surface area contributed by atoms with E-state index in [1.54, 1.807) is 0 Å². The molecule has 6 nitrogen and oxygen atoms in total. The van der Waals surface area contributed by atoms with Crippen LogP contribution >= 0.6 is 0 Å². The summed E-state index contributed by atoms with van der Waals surface area (Å²) >= 11 is 0. The van der Waals surface area contributed by atoms with E-state index in [2.05, 4.69) is 42.7 Å². The Morgan fingerprint density at radius 3 is 2.45 bits per heavy atom. The Bertz CT molecular complexity index is 1220. The molecule has 3 aromatic heterocycles. The lowest BCUT2D eigenvalue weighted by Crippen LogP contribution is -2.14. The Hall–Kier alpha value is -2.89. The molecule has 0 radical (unpaired) electrons. The number of fused-ring (bicyclic) bond motifs is 5. The third-order valence-electron chi connectivity index (χ3n) is 5.47.